The van der Waals surface area contributed by atoms with Gasteiger partial charge < -0.3 is 15.4 Å². The molecule has 2 atom stereocenters. The lowest BCUT2D eigenvalue weighted by Crippen LogP contribution is -2.51. The standard InChI is InChI=1S/C23H22F2N6O2/c1-31-22-15(9-27-31)21(28-18-11-4-2-10(3-5-11)17(18)23(32)33)29-20(30-22)14-8-26-19-13(14)6-12(24)7-16(19)25/h6-11,17-18,26H,2-5H2,1H3,(H,32,33)(H,28,29,30)/t10?,11?,17-,18-/m1/s1. The highest BCUT2D eigenvalue weighted by atomic mass is 19.1. The summed E-state index contributed by atoms with van der Waals surface area (Å²) < 4.78 is 29.8. The number of rotatable bonds is 4. The first kappa shape index (κ1) is 20.1. The van der Waals surface area contributed by atoms with Crippen molar-refractivity contribution in [1.82, 2.24) is 24.7 Å². The number of hydrogen-bond acceptors (Lipinski definition) is 5. The van der Waals surface area contributed by atoms with Crippen LogP contribution in [0.25, 0.3) is 33.3 Å². The first-order chi connectivity index (χ1) is 15.9. The number of carbonyl (C=O) groups is 1. The van der Waals surface area contributed by atoms with E-state index < -0.39 is 23.5 Å². The first-order valence-corrected chi connectivity index (χ1v) is 11.1. The number of carboxylic acids is 1. The Morgan fingerprint density at radius 3 is 2.67 bits per heavy atom. The summed E-state index contributed by atoms with van der Waals surface area (Å²) >= 11 is 0. The molecule has 3 aromatic heterocycles. The normalized spacial score (nSPS) is 24.6. The summed E-state index contributed by atoms with van der Waals surface area (Å²) in [6.07, 6.45) is 7.04. The summed E-state index contributed by atoms with van der Waals surface area (Å²) in [5.41, 5.74) is 1.17. The van der Waals surface area contributed by atoms with Crippen molar-refractivity contribution in [2.24, 2.45) is 24.8 Å². The monoisotopic (exact) mass is 452 g/mol. The summed E-state index contributed by atoms with van der Waals surface area (Å²) in [7, 11) is 1.75. The van der Waals surface area contributed by atoms with Gasteiger partial charge in [0.25, 0.3) is 0 Å². The molecule has 33 heavy (non-hydrogen) atoms. The number of aromatic nitrogens is 5. The maximum absolute atomic E-state index is 14.2. The van der Waals surface area contributed by atoms with E-state index in [4.69, 9.17) is 4.98 Å². The van der Waals surface area contributed by atoms with Gasteiger partial charge >= 0.3 is 5.97 Å². The van der Waals surface area contributed by atoms with Crippen molar-refractivity contribution < 1.29 is 18.7 Å². The molecule has 0 saturated heterocycles. The Morgan fingerprint density at radius 1 is 1.15 bits per heavy atom. The van der Waals surface area contributed by atoms with E-state index in [2.05, 4.69) is 20.4 Å². The summed E-state index contributed by atoms with van der Waals surface area (Å²) in [5, 5.41) is 18.7. The third-order valence-corrected chi connectivity index (χ3v) is 7.35. The minimum absolute atomic E-state index is 0.148. The zero-order chi connectivity index (χ0) is 22.9. The SMILES string of the molecule is Cn1ncc2c(N[C@@H]3C4CCC(CC4)[C@H]3C(=O)O)nc(-c3c[nH]c4c(F)cc(F)cc34)nc21. The fourth-order valence-electron chi connectivity index (χ4n) is 5.76. The van der Waals surface area contributed by atoms with Gasteiger partial charge in [-0.15, -0.1) is 0 Å². The van der Waals surface area contributed by atoms with Gasteiger partial charge in [0.2, 0.25) is 0 Å². The topological polar surface area (TPSA) is 109 Å². The number of aliphatic carboxylic acids is 1. The Bertz CT molecular complexity index is 1410. The molecule has 3 fully saturated rings. The van der Waals surface area contributed by atoms with E-state index in [-0.39, 0.29) is 29.2 Å². The molecule has 0 aliphatic heterocycles. The first-order valence-electron chi connectivity index (χ1n) is 11.1. The van der Waals surface area contributed by atoms with Gasteiger partial charge in [0, 0.05) is 36.3 Å². The van der Waals surface area contributed by atoms with Gasteiger partial charge in [0.1, 0.15) is 17.5 Å². The van der Waals surface area contributed by atoms with Gasteiger partial charge in [-0.25, -0.2) is 18.7 Å². The largest absolute Gasteiger partial charge is 0.481 e. The molecule has 3 heterocycles. The summed E-state index contributed by atoms with van der Waals surface area (Å²) in [6, 6.07) is 1.82. The molecule has 3 aliphatic carbocycles. The van der Waals surface area contributed by atoms with E-state index in [1.54, 1.807) is 24.1 Å². The second-order valence-electron chi connectivity index (χ2n) is 9.12. The third-order valence-electron chi connectivity index (χ3n) is 7.35. The van der Waals surface area contributed by atoms with E-state index in [9.17, 15) is 18.7 Å². The lowest BCUT2D eigenvalue weighted by molar-refractivity contribution is -0.148. The van der Waals surface area contributed by atoms with Crippen molar-refractivity contribution in [3.05, 3.63) is 36.2 Å². The number of hydrogen-bond donors (Lipinski definition) is 3. The van der Waals surface area contributed by atoms with Gasteiger partial charge in [0.15, 0.2) is 11.5 Å². The molecule has 7 rings (SSSR count). The predicted octanol–water partition coefficient (Wildman–Crippen LogP) is 4.09. The molecule has 3 saturated carbocycles. The highest BCUT2D eigenvalue weighted by molar-refractivity contribution is 5.96. The maximum atomic E-state index is 14.2. The zero-order valence-electron chi connectivity index (χ0n) is 17.8. The van der Waals surface area contributed by atoms with Crippen LogP contribution >= 0.6 is 0 Å². The van der Waals surface area contributed by atoms with E-state index in [1.165, 1.54) is 6.07 Å². The van der Waals surface area contributed by atoms with Crippen molar-refractivity contribution >= 4 is 33.7 Å². The van der Waals surface area contributed by atoms with E-state index in [0.717, 1.165) is 31.7 Å². The fraction of sp³-hybridized carbons (Fsp3) is 0.391. The number of anilines is 1. The highest BCUT2D eigenvalue weighted by Gasteiger charge is 2.47. The average Bonchev–Trinajstić information content (AvgIpc) is 3.38. The smallest absolute Gasteiger partial charge is 0.308 e. The van der Waals surface area contributed by atoms with Crippen LogP contribution in [0.1, 0.15) is 25.7 Å². The maximum Gasteiger partial charge on any atom is 0.308 e. The van der Waals surface area contributed by atoms with Gasteiger partial charge in [-0.05, 0) is 43.6 Å². The molecule has 170 valence electrons. The number of carboxylic acid groups (broad SMARTS) is 1. The number of fused-ring (bicyclic) bond motifs is 5. The Morgan fingerprint density at radius 2 is 1.91 bits per heavy atom. The zero-order valence-corrected chi connectivity index (χ0v) is 17.8. The molecule has 0 radical (unpaired) electrons. The molecule has 8 nitrogen and oxygen atoms in total. The molecule has 0 amide bonds. The van der Waals surface area contributed by atoms with E-state index in [1.807, 2.05) is 0 Å². The van der Waals surface area contributed by atoms with Crippen molar-refractivity contribution in [3.63, 3.8) is 0 Å². The molecule has 4 aromatic rings. The lowest BCUT2D eigenvalue weighted by Gasteiger charge is -2.47. The Labute approximate surface area is 187 Å². The third kappa shape index (κ3) is 3.07. The van der Waals surface area contributed by atoms with Gasteiger partial charge in [-0.3, -0.25) is 9.48 Å². The molecule has 3 aliphatic rings. The quantitative estimate of drug-likeness (QED) is 0.430. The molecule has 10 heteroatoms. The van der Waals surface area contributed by atoms with Crippen molar-refractivity contribution in [2.75, 3.05) is 5.32 Å². The number of nitrogens with one attached hydrogen (secondary N) is 2. The minimum atomic E-state index is -0.791. The number of aromatic amines is 1. The molecule has 2 bridgehead atoms. The molecular weight excluding hydrogens is 430 g/mol. The molecule has 1 aromatic carbocycles. The lowest BCUT2D eigenvalue weighted by atomic mass is 9.61. The van der Waals surface area contributed by atoms with Crippen LogP contribution in [0, 0.1) is 29.4 Å². The van der Waals surface area contributed by atoms with Gasteiger partial charge in [-0.1, -0.05) is 0 Å². The van der Waals surface area contributed by atoms with Crippen molar-refractivity contribution in [3.8, 4) is 11.4 Å². The Kier molecular flexibility index (Phi) is 4.40. The van der Waals surface area contributed by atoms with Crippen molar-refractivity contribution in [1.29, 1.82) is 0 Å². The van der Waals surface area contributed by atoms with E-state index >= 15 is 0 Å². The molecule has 3 N–H and O–H groups in total. The summed E-state index contributed by atoms with van der Waals surface area (Å²) in [5.74, 6) is -1.51. The van der Waals surface area contributed by atoms with Gasteiger partial charge in [0.05, 0.1) is 23.0 Å². The van der Waals surface area contributed by atoms with Crippen LogP contribution in [0.4, 0.5) is 14.6 Å². The predicted molar refractivity (Wildman–Crippen MR) is 117 cm³/mol. The van der Waals surface area contributed by atoms with Crippen LogP contribution in [-0.4, -0.2) is 41.9 Å². The van der Waals surface area contributed by atoms with Crippen LogP contribution in [0.2, 0.25) is 0 Å². The Balaban J connectivity index is 1.49. The second kappa shape index (κ2) is 7.23. The minimum Gasteiger partial charge on any atom is -0.481 e. The van der Waals surface area contributed by atoms with Crippen LogP contribution in [0.5, 0.6) is 0 Å². The van der Waals surface area contributed by atoms with E-state index in [0.29, 0.717) is 27.8 Å². The average molecular weight is 452 g/mol. The van der Waals surface area contributed by atoms with Crippen LogP contribution < -0.4 is 5.32 Å². The molecule has 0 unspecified atom stereocenters. The number of halogens is 2. The van der Waals surface area contributed by atoms with Crippen LogP contribution in [-0.2, 0) is 11.8 Å². The molecule has 0 spiro atoms. The highest BCUT2D eigenvalue weighted by Crippen LogP contribution is 2.46. The van der Waals surface area contributed by atoms with Crippen molar-refractivity contribution in [2.45, 2.75) is 31.7 Å². The number of aryl methyl sites for hydroxylation is 1. The summed E-state index contributed by atoms with van der Waals surface area (Å²) in [4.78, 5) is 24.3. The fourth-order valence-corrected chi connectivity index (χ4v) is 5.76. The van der Waals surface area contributed by atoms with Crippen LogP contribution in [0.3, 0.4) is 0 Å². The summed E-state index contributed by atoms with van der Waals surface area (Å²) in [6.45, 7) is 0. The Hall–Kier alpha value is -3.56. The van der Waals surface area contributed by atoms with Gasteiger partial charge in [-0.2, -0.15) is 5.10 Å². The van der Waals surface area contributed by atoms with Crippen LogP contribution in [0.15, 0.2) is 24.5 Å². The second-order valence-corrected chi connectivity index (χ2v) is 9.12. The number of nitrogens with zero attached hydrogens (tertiary/aromatic N) is 4. The molecular formula is C23H22F2N6O2. The number of benzene rings is 1. The number of H-pyrrole nitrogens is 1.